The molecule has 0 fully saturated rings. The van der Waals surface area contributed by atoms with Gasteiger partial charge in [-0.1, -0.05) is 42.0 Å². The van der Waals surface area contributed by atoms with E-state index in [4.69, 9.17) is 0 Å². The SMILES string of the molecule is Cc1ccc(-c2nc(NCc3cccs3)n(C(=O)c3cccs3)n2)cc1. The Bertz CT molecular complexity index is 1000. The van der Waals surface area contributed by atoms with Gasteiger partial charge < -0.3 is 5.32 Å². The summed E-state index contributed by atoms with van der Waals surface area (Å²) in [5.74, 6) is 0.801. The summed E-state index contributed by atoms with van der Waals surface area (Å²) in [5.41, 5.74) is 2.05. The van der Waals surface area contributed by atoms with Crippen LogP contribution in [0.3, 0.4) is 0 Å². The Balaban J connectivity index is 1.69. The summed E-state index contributed by atoms with van der Waals surface area (Å²) < 4.78 is 1.36. The first-order valence-electron chi connectivity index (χ1n) is 8.09. The summed E-state index contributed by atoms with van der Waals surface area (Å²) in [6, 6.07) is 15.6. The highest BCUT2D eigenvalue weighted by molar-refractivity contribution is 7.12. The number of aromatic nitrogens is 3. The second kappa shape index (κ2) is 7.23. The second-order valence-electron chi connectivity index (χ2n) is 5.75. The quantitative estimate of drug-likeness (QED) is 0.546. The maximum absolute atomic E-state index is 12.8. The lowest BCUT2D eigenvalue weighted by atomic mass is 10.1. The zero-order chi connectivity index (χ0) is 17.9. The zero-order valence-electron chi connectivity index (χ0n) is 14.0. The number of rotatable bonds is 5. The van der Waals surface area contributed by atoms with Crippen molar-refractivity contribution in [2.45, 2.75) is 13.5 Å². The Morgan fingerprint density at radius 2 is 1.85 bits per heavy atom. The van der Waals surface area contributed by atoms with Crippen LogP contribution in [0.25, 0.3) is 11.4 Å². The summed E-state index contributed by atoms with van der Waals surface area (Å²) in [6.45, 7) is 2.63. The molecule has 0 saturated carbocycles. The number of benzene rings is 1. The summed E-state index contributed by atoms with van der Waals surface area (Å²) in [4.78, 5) is 19.2. The van der Waals surface area contributed by atoms with Gasteiger partial charge in [-0.3, -0.25) is 4.79 Å². The van der Waals surface area contributed by atoms with Crippen molar-refractivity contribution in [3.05, 3.63) is 74.6 Å². The minimum Gasteiger partial charge on any atom is -0.349 e. The molecule has 3 heterocycles. The number of thiophene rings is 2. The molecular formula is C19H16N4OS2. The van der Waals surface area contributed by atoms with Crippen LogP contribution in [0.1, 0.15) is 20.1 Å². The van der Waals surface area contributed by atoms with Gasteiger partial charge in [0.2, 0.25) is 5.95 Å². The molecule has 130 valence electrons. The molecule has 0 atom stereocenters. The van der Waals surface area contributed by atoms with Crippen molar-refractivity contribution in [1.29, 1.82) is 0 Å². The number of carbonyl (C=O) groups excluding carboxylic acids is 1. The fourth-order valence-electron chi connectivity index (χ4n) is 2.48. The van der Waals surface area contributed by atoms with Gasteiger partial charge in [-0.15, -0.1) is 27.8 Å². The van der Waals surface area contributed by atoms with Crippen LogP contribution in [-0.4, -0.2) is 20.7 Å². The molecule has 0 aliphatic rings. The van der Waals surface area contributed by atoms with Gasteiger partial charge in [0.25, 0.3) is 5.91 Å². The monoisotopic (exact) mass is 380 g/mol. The molecule has 0 amide bonds. The third-order valence-electron chi connectivity index (χ3n) is 3.84. The molecule has 0 radical (unpaired) electrons. The van der Waals surface area contributed by atoms with E-state index in [2.05, 4.69) is 15.4 Å². The van der Waals surface area contributed by atoms with Gasteiger partial charge in [0.15, 0.2) is 5.82 Å². The molecule has 0 bridgehead atoms. The van der Waals surface area contributed by atoms with Crippen molar-refractivity contribution in [3.63, 3.8) is 0 Å². The molecule has 0 unspecified atom stereocenters. The average molecular weight is 380 g/mol. The number of nitrogens with one attached hydrogen (secondary N) is 1. The van der Waals surface area contributed by atoms with Gasteiger partial charge in [-0.25, -0.2) is 0 Å². The molecule has 3 aromatic heterocycles. The Labute approximate surface area is 159 Å². The standard InChI is InChI=1S/C19H16N4OS2/c1-13-6-8-14(9-7-13)17-21-19(20-12-15-4-2-10-25-15)23(22-17)18(24)16-5-3-11-26-16/h2-11H,12H2,1H3,(H,20,21,22). The van der Waals surface area contributed by atoms with Gasteiger partial charge in [-0.2, -0.15) is 9.67 Å². The number of aryl methyl sites for hydroxylation is 1. The van der Waals surface area contributed by atoms with E-state index in [9.17, 15) is 4.79 Å². The van der Waals surface area contributed by atoms with Crippen molar-refractivity contribution < 1.29 is 4.79 Å². The Hall–Kier alpha value is -2.77. The molecule has 0 saturated heterocycles. The van der Waals surface area contributed by atoms with Gasteiger partial charge in [0.1, 0.15) is 0 Å². The smallest absolute Gasteiger partial charge is 0.291 e. The summed E-state index contributed by atoms with van der Waals surface area (Å²) in [6.07, 6.45) is 0. The van der Waals surface area contributed by atoms with Gasteiger partial charge in [0, 0.05) is 10.4 Å². The molecule has 7 heteroatoms. The third-order valence-corrected chi connectivity index (χ3v) is 5.58. The molecule has 4 aromatic rings. The van der Waals surface area contributed by atoms with E-state index in [1.807, 2.05) is 60.1 Å². The average Bonchev–Trinajstić information content (AvgIpc) is 3.41. The molecule has 0 aliphatic carbocycles. The lowest BCUT2D eigenvalue weighted by molar-refractivity contribution is 0.0951. The molecule has 1 N–H and O–H groups in total. The molecular weight excluding hydrogens is 364 g/mol. The van der Waals surface area contributed by atoms with Crippen LogP contribution in [0.4, 0.5) is 5.95 Å². The van der Waals surface area contributed by atoms with Crippen molar-refractivity contribution >= 4 is 34.5 Å². The van der Waals surface area contributed by atoms with E-state index in [1.54, 1.807) is 17.4 Å². The number of carbonyl (C=O) groups is 1. The van der Waals surface area contributed by atoms with Crippen LogP contribution >= 0.6 is 22.7 Å². The Kier molecular flexibility index (Phi) is 4.64. The minimum atomic E-state index is -0.181. The Morgan fingerprint density at radius 1 is 1.08 bits per heavy atom. The number of nitrogens with zero attached hydrogens (tertiary/aromatic N) is 3. The zero-order valence-corrected chi connectivity index (χ0v) is 15.7. The van der Waals surface area contributed by atoms with Crippen molar-refractivity contribution in [1.82, 2.24) is 14.8 Å². The first-order valence-corrected chi connectivity index (χ1v) is 9.85. The fraction of sp³-hybridized carbons (Fsp3) is 0.105. The predicted molar refractivity (Wildman–Crippen MR) is 106 cm³/mol. The van der Waals surface area contributed by atoms with E-state index in [0.717, 1.165) is 5.56 Å². The van der Waals surface area contributed by atoms with E-state index in [0.29, 0.717) is 23.2 Å². The Morgan fingerprint density at radius 3 is 2.54 bits per heavy atom. The summed E-state index contributed by atoms with van der Waals surface area (Å²) in [5, 5.41) is 11.6. The second-order valence-corrected chi connectivity index (χ2v) is 7.73. The molecule has 0 aliphatic heterocycles. The predicted octanol–water partition coefficient (Wildman–Crippen LogP) is 4.68. The molecule has 5 nitrogen and oxygen atoms in total. The van der Waals surface area contributed by atoms with E-state index >= 15 is 0 Å². The topological polar surface area (TPSA) is 59.8 Å². The lowest BCUT2D eigenvalue weighted by Crippen LogP contribution is -2.16. The van der Waals surface area contributed by atoms with Gasteiger partial charge in [0.05, 0.1) is 11.4 Å². The van der Waals surface area contributed by atoms with Crippen molar-refractivity contribution in [3.8, 4) is 11.4 Å². The maximum Gasteiger partial charge on any atom is 0.291 e. The van der Waals surface area contributed by atoms with Crippen molar-refractivity contribution in [2.75, 3.05) is 5.32 Å². The highest BCUT2D eigenvalue weighted by Gasteiger charge is 2.19. The highest BCUT2D eigenvalue weighted by Crippen LogP contribution is 2.21. The fourth-order valence-corrected chi connectivity index (χ4v) is 3.77. The summed E-state index contributed by atoms with van der Waals surface area (Å²) >= 11 is 3.05. The third kappa shape index (κ3) is 3.44. The van der Waals surface area contributed by atoms with Gasteiger partial charge in [-0.05, 0) is 29.8 Å². The summed E-state index contributed by atoms with van der Waals surface area (Å²) in [7, 11) is 0. The van der Waals surface area contributed by atoms with Gasteiger partial charge >= 0.3 is 0 Å². The maximum atomic E-state index is 12.8. The van der Waals surface area contributed by atoms with E-state index in [-0.39, 0.29) is 5.91 Å². The van der Waals surface area contributed by atoms with E-state index < -0.39 is 0 Å². The van der Waals surface area contributed by atoms with E-state index in [1.165, 1.54) is 26.5 Å². The molecule has 4 rings (SSSR count). The lowest BCUT2D eigenvalue weighted by Gasteiger charge is -2.04. The van der Waals surface area contributed by atoms with Crippen LogP contribution in [-0.2, 0) is 6.54 Å². The minimum absolute atomic E-state index is 0.181. The molecule has 0 spiro atoms. The van der Waals surface area contributed by atoms with Crippen LogP contribution in [0.2, 0.25) is 0 Å². The van der Waals surface area contributed by atoms with Crippen molar-refractivity contribution in [2.24, 2.45) is 0 Å². The number of anilines is 1. The normalized spacial score (nSPS) is 10.8. The largest absolute Gasteiger partial charge is 0.349 e. The highest BCUT2D eigenvalue weighted by atomic mass is 32.1. The van der Waals surface area contributed by atoms with Crippen LogP contribution in [0.5, 0.6) is 0 Å². The number of hydrogen-bond donors (Lipinski definition) is 1. The van der Waals surface area contributed by atoms with Crippen LogP contribution < -0.4 is 5.32 Å². The van der Waals surface area contributed by atoms with Crippen LogP contribution in [0, 0.1) is 6.92 Å². The first kappa shape index (κ1) is 16.7. The molecule has 1 aromatic carbocycles. The number of hydrogen-bond acceptors (Lipinski definition) is 6. The first-order chi connectivity index (χ1) is 12.7. The molecule has 26 heavy (non-hydrogen) atoms. The van der Waals surface area contributed by atoms with Crippen LogP contribution in [0.15, 0.2) is 59.3 Å².